The van der Waals surface area contributed by atoms with Crippen LogP contribution < -0.4 is 0 Å². The van der Waals surface area contributed by atoms with E-state index in [2.05, 4.69) is 13.8 Å². The van der Waals surface area contributed by atoms with Crippen LogP contribution in [0.15, 0.2) is 11.6 Å². The molecule has 0 aromatic carbocycles. The molecule has 4 aliphatic carbocycles. The summed E-state index contributed by atoms with van der Waals surface area (Å²) < 4.78 is 29.1. The van der Waals surface area contributed by atoms with E-state index in [0.717, 1.165) is 50.5 Å². The van der Waals surface area contributed by atoms with E-state index in [-0.39, 0.29) is 60.4 Å². The van der Waals surface area contributed by atoms with Gasteiger partial charge in [-0.15, -0.1) is 0 Å². The number of cyclic esters (lactones) is 1. The lowest BCUT2D eigenvalue weighted by molar-refractivity contribution is -0.273. The summed E-state index contributed by atoms with van der Waals surface area (Å²) in [6.45, 7) is 8.06. The maximum Gasteiger partial charge on any atom is 0.331 e. The van der Waals surface area contributed by atoms with Gasteiger partial charge < -0.3 is 33.9 Å². The van der Waals surface area contributed by atoms with Crippen LogP contribution in [-0.4, -0.2) is 78.3 Å². The van der Waals surface area contributed by atoms with E-state index >= 15 is 0 Å². The molecule has 2 heterocycles. The number of aliphatic hydroxyl groups is 2. The lowest BCUT2D eigenvalue weighted by Crippen LogP contribution is -2.62. The van der Waals surface area contributed by atoms with Crippen LogP contribution in [-0.2, 0) is 33.3 Å². The van der Waals surface area contributed by atoms with Gasteiger partial charge in [0.25, 0.3) is 0 Å². The average Bonchev–Trinajstić information content (AvgIpc) is 3.42. The number of rotatable bonds is 5. The number of aliphatic hydroxyl groups excluding tert-OH is 1. The number of hydrogen-bond donors (Lipinski definition) is 2. The Morgan fingerprint density at radius 2 is 1.85 bits per heavy atom. The number of hydrogen-bond acceptors (Lipinski definition) is 9. The van der Waals surface area contributed by atoms with Gasteiger partial charge >= 0.3 is 11.9 Å². The highest BCUT2D eigenvalue weighted by Crippen LogP contribution is 2.70. The Morgan fingerprint density at radius 3 is 2.54 bits per heavy atom. The summed E-state index contributed by atoms with van der Waals surface area (Å²) in [6.07, 6.45) is 7.14. The Labute approximate surface area is 243 Å². The van der Waals surface area contributed by atoms with Gasteiger partial charge in [0.1, 0.15) is 18.8 Å². The van der Waals surface area contributed by atoms with Crippen molar-refractivity contribution in [1.29, 1.82) is 0 Å². The van der Waals surface area contributed by atoms with Gasteiger partial charge in [-0.05, 0) is 80.6 Å². The van der Waals surface area contributed by atoms with Crippen molar-refractivity contribution in [3.63, 3.8) is 0 Å². The molecule has 2 N–H and O–H groups in total. The molecule has 9 heteroatoms. The first-order chi connectivity index (χ1) is 19.4. The van der Waals surface area contributed by atoms with Crippen LogP contribution >= 0.6 is 0 Å². The molecule has 13 atom stereocenters. The Hall–Kier alpha value is -1.52. The van der Waals surface area contributed by atoms with Crippen LogP contribution in [0.3, 0.4) is 0 Å². The standard InChI is InChI=1S/C32H48O9/c1-17-29(35)24(37-5)14-27(39-17)41-21-8-10-30(3)20(13-21)6-7-23-22(30)9-11-31(4)28(19-12-26(34)38-16-19)25(40-18(2)33)15-32(23,31)36/h12,17,20-25,27-29,35-36H,6-11,13-16H2,1-5H3/t17-,20+,21+,22-,23+,24+,25-,27-,28-,29+,30+,31-,32+/m1/s1. The Morgan fingerprint density at radius 1 is 1.07 bits per heavy atom. The van der Waals surface area contributed by atoms with Crippen LogP contribution in [0.25, 0.3) is 0 Å². The summed E-state index contributed by atoms with van der Waals surface area (Å²) in [4.78, 5) is 24.2. The van der Waals surface area contributed by atoms with Crippen LogP contribution in [0.5, 0.6) is 0 Å². The smallest absolute Gasteiger partial charge is 0.331 e. The van der Waals surface area contributed by atoms with E-state index in [1.807, 2.05) is 6.92 Å². The maximum absolute atomic E-state index is 12.7. The second kappa shape index (κ2) is 10.6. The Kier molecular flexibility index (Phi) is 7.62. The molecule has 9 nitrogen and oxygen atoms in total. The Balaban J connectivity index is 1.19. The molecule has 6 aliphatic rings. The highest BCUT2D eigenvalue weighted by Gasteiger charge is 2.71. The van der Waals surface area contributed by atoms with Crippen molar-refractivity contribution >= 4 is 11.9 Å². The monoisotopic (exact) mass is 576 g/mol. The van der Waals surface area contributed by atoms with Crippen LogP contribution in [0.4, 0.5) is 0 Å². The molecule has 4 saturated carbocycles. The molecule has 1 saturated heterocycles. The fourth-order valence-electron chi connectivity index (χ4n) is 10.4. The minimum absolute atomic E-state index is 0.0898. The van der Waals surface area contributed by atoms with E-state index in [1.54, 1.807) is 13.2 Å². The summed E-state index contributed by atoms with van der Waals surface area (Å²) >= 11 is 0. The summed E-state index contributed by atoms with van der Waals surface area (Å²) in [6, 6.07) is 0. The molecule has 0 bridgehead atoms. The number of carbonyl (C=O) groups excluding carboxylic acids is 2. The van der Waals surface area contributed by atoms with Crippen molar-refractivity contribution in [2.45, 2.75) is 128 Å². The third-order valence-electron chi connectivity index (χ3n) is 12.5. The molecular formula is C32H48O9. The van der Waals surface area contributed by atoms with Gasteiger partial charge in [0.2, 0.25) is 0 Å². The van der Waals surface area contributed by atoms with Crippen molar-refractivity contribution in [3.8, 4) is 0 Å². The number of carbonyl (C=O) groups is 2. The second-order valence-electron chi connectivity index (χ2n) is 14.3. The van der Waals surface area contributed by atoms with E-state index in [4.69, 9.17) is 23.7 Å². The number of fused-ring (bicyclic) bond motifs is 5. The number of ether oxygens (including phenoxy) is 5. The lowest BCUT2D eigenvalue weighted by Gasteiger charge is -2.63. The van der Waals surface area contributed by atoms with Crippen LogP contribution in [0, 0.1) is 34.5 Å². The summed E-state index contributed by atoms with van der Waals surface area (Å²) in [5, 5.41) is 23.0. The van der Waals surface area contributed by atoms with Gasteiger partial charge in [0.05, 0.1) is 23.9 Å². The quantitative estimate of drug-likeness (QED) is 0.373. The fourth-order valence-corrected chi connectivity index (χ4v) is 10.4. The van der Waals surface area contributed by atoms with Gasteiger partial charge in [-0.3, -0.25) is 4.79 Å². The summed E-state index contributed by atoms with van der Waals surface area (Å²) in [7, 11) is 1.62. The van der Waals surface area contributed by atoms with E-state index in [1.165, 1.54) is 6.92 Å². The van der Waals surface area contributed by atoms with Crippen molar-refractivity contribution in [1.82, 2.24) is 0 Å². The van der Waals surface area contributed by atoms with E-state index in [0.29, 0.717) is 24.7 Å². The molecule has 5 fully saturated rings. The number of methoxy groups -OCH3 is 1. The molecular weight excluding hydrogens is 528 g/mol. The third-order valence-corrected chi connectivity index (χ3v) is 12.5. The SMILES string of the molecule is CO[C@H]1C[C@@H](O[C@H]2CC[C@@]3(C)[C@@H](CC[C@H]4[C@H]3CC[C@]3(C)[C@H](C5=CC(=O)OC5)[C@H](OC(C)=O)C[C@]43O)C2)O[C@H](C)[C@@H]1O. The predicted octanol–water partition coefficient (Wildman–Crippen LogP) is 3.68. The minimum atomic E-state index is -0.990. The third kappa shape index (κ3) is 4.69. The molecule has 0 spiro atoms. The van der Waals surface area contributed by atoms with Crippen molar-refractivity contribution in [3.05, 3.63) is 11.6 Å². The molecule has 2 aliphatic heterocycles. The van der Waals surface area contributed by atoms with Gasteiger partial charge in [-0.2, -0.15) is 0 Å². The molecule has 41 heavy (non-hydrogen) atoms. The molecule has 0 radical (unpaired) electrons. The normalized spacial score (nSPS) is 51.2. The van der Waals surface area contributed by atoms with Crippen molar-refractivity contribution in [2.75, 3.05) is 13.7 Å². The molecule has 0 aromatic rings. The second-order valence-corrected chi connectivity index (χ2v) is 14.3. The summed E-state index contributed by atoms with van der Waals surface area (Å²) in [5.41, 5.74) is -0.559. The van der Waals surface area contributed by atoms with Gasteiger partial charge in [-0.25, -0.2) is 4.79 Å². The molecule has 0 aromatic heterocycles. The van der Waals surface area contributed by atoms with E-state index in [9.17, 15) is 19.8 Å². The minimum Gasteiger partial charge on any atom is -0.462 e. The molecule has 6 rings (SSSR count). The first-order valence-corrected chi connectivity index (χ1v) is 15.7. The highest BCUT2D eigenvalue weighted by atomic mass is 16.7. The topological polar surface area (TPSA) is 121 Å². The van der Waals surface area contributed by atoms with Crippen molar-refractivity contribution < 1.29 is 43.5 Å². The van der Waals surface area contributed by atoms with Crippen LogP contribution in [0.1, 0.15) is 85.5 Å². The van der Waals surface area contributed by atoms with Gasteiger partial charge in [-0.1, -0.05) is 13.8 Å². The highest BCUT2D eigenvalue weighted by molar-refractivity contribution is 5.85. The zero-order chi connectivity index (χ0) is 29.3. The fraction of sp³-hybridized carbons (Fsp3) is 0.875. The largest absolute Gasteiger partial charge is 0.462 e. The zero-order valence-corrected chi connectivity index (χ0v) is 25.2. The van der Waals surface area contributed by atoms with Crippen LogP contribution in [0.2, 0.25) is 0 Å². The maximum atomic E-state index is 12.7. The lowest BCUT2D eigenvalue weighted by atomic mass is 9.43. The molecule has 0 amide bonds. The first kappa shape index (κ1) is 29.5. The van der Waals surface area contributed by atoms with Crippen molar-refractivity contribution in [2.24, 2.45) is 34.5 Å². The predicted molar refractivity (Wildman–Crippen MR) is 147 cm³/mol. The van der Waals surface area contributed by atoms with Gasteiger partial charge in [0, 0.05) is 44.3 Å². The zero-order valence-electron chi connectivity index (χ0n) is 25.2. The molecule has 230 valence electrons. The molecule has 0 unspecified atom stereocenters. The average molecular weight is 577 g/mol. The van der Waals surface area contributed by atoms with E-state index < -0.39 is 23.2 Å². The first-order valence-electron chi connectivity index (χ1n) is 15.7. The summed E-state index contributed by atoms with van der Waals surface area (Å²) in [5.74, 6) is 0.0175. The van der Waals surface area contributed by atoms with Gasteiger partial charge in [0.15, 0.2) is 6.29 Å². The Bertz CT molecular complexity index is 1080. The number of esters is 2.